The lowest BCUT2D eigenvalue weighted by molar-refractivity contribution is -0.334. The van der Waals surface area contributed by atoms with E-state index in [0.717, 1.165) is 11.1 Å². The average Bonchev–Trinajstić information content (AvgIpc) is 3.83. The number of hydrogen-bond acceptors (Lipinski definition) is 16. The Bertz CT molecular complexity index is 2080. The Hall–Kier alpha value is -3.44. The molecule has 2 aliphatic heterocycles. The number of nitrogens with one attached hydrogen (secondary N) is 1. The summed E-state index contributed by atoms with van der Waals surface area (Å²) in [6.07, 6.45) is 3.69. The number of nitrogens with zero attached hydrogens (tertiary/aromatic N) is 2. The third-order valence-corrected chi connectivity index (χ3v) is 14.6. The van der Waals surface area contributed by atoms with Crippen LogP contribution in [0.3, 0.4) is 0 Å². The van der Waals surface area contributed by atoms with Crippen molar-refractivity contribution in [2.75, 3.05) is 41.5 Å². The molecule has 0 aliphatic carbocycles. The number of carbonyl (C=O) groups excluding carboxylic acids is 2. The predicted molar refractivity (Wildman–Crippen MR) is 266 cm³/mol. The van der Waals surface area contributed by atoms with Crippen molar-refractivity contribution in [3.05, 3.63) is 71.0 Å². The minimum atomic E-state index is -5.16. The Balaban J connectivity index is 1.74. The number of likely N-dealkylation sites (N-methyl/N-ethyl adjacent to an activating group) is 1. The number of ether oxygens (including phenoxy) is 4. The van der Waals surface area contributed by atoms with Crippen molar-refractivity contribution in [1.29, 1.82) is 0 Å². The maximum absolute atomic E-state index is 12.6. The Morgan fingerprint density at radius 2 is 1.72 bits per heavy atom. The molecule has 71 heavy (non-hydrogen) atoms. The maximum atomic E-state index is 12.6. The summed E-state index contributed by atoms with van der Waals surface area (Å²) >= 11 is 0. The summed E-state index contributed by atoms with van der Waals surface area (Å²) in [7, 11) is 1.10. The van der Waals surface area contributed by atoms with Crippen LogP contribution in [0.5, 0.6) is 0 Å². The molecule has 2 saturated heterocycles. The molecule has 3 rings (SSSR count). The zero-order valence-electron chi connectivity index (χ0n) is 43.7. The molecular formula is C50H83N4O16P. The molecule has 20 nitrogen and oxygen atoms in total. The van der Waals surface area contributed by atoms with Crippen molar-refractivity contribution in [3.8, 4) is 0 Å². The molecule has 0 bridgehead atoms. The molecule has 1 spiro atoms. The van der Waals surface area contributed by atoms with Crippen molar-refractivity contribution < 1.29 is 77.4 Å². The quantitative estimate of drug-likeness (QED) is 0.0345. The molecule has 0 radical (unpaired) electrons. The Kier molecular flexibility index (Phi) is 23.7. The van der Waals surface area contributed by atoms with Crippen LogP contribution in [0.4, 0.5) is 0 Å². The van der Waals surface area contributed by atoms with Gasteiger partial charge in [-0.1, -0.05) is 77.5 Å². The number of allylic oxidation sites excluding steroid dienone is 6. The lowest BCUT2D eigenvalue weighted by atomic mass is 9.72. The minimum Gasteiger partial charge on any atom is -0.448 e. The first-order chi connectivity index (χ1) is 33.0. The summed E-state index contributed by atoms with van der Waals surface area (Å²) in [5.41, 5.74) is 6.90. The molecule has 1 aromatic heterocycles. The monoisotopic (exact) mass is 1030 g/mol. The third kappa shape index (κ3) is 17.0. The van der Waals surface area contributed by atoms with Crippen LogP contribution in [0.1, 0.15) is 105 Å². The van der Waals surface area contributed by atoms with E-state index in [1.54, 1.807) is 71.0 Å². The van der Waals surface area contributed by atoms with Gasteiger partial charge in [-0.15, -0.1) is 0 Å². The van der Waals surface area contributed by atoms with Gasteiger partial charge in [0.25, 0.3) is 5.91 Å². The highest BCUT2D eigenvalue weighted by Crippen LogP contribution is 2.59. The molecule has 3 heterocycles. The van der Waals surface area contributed by atoms with Crippen LogP contribution in [-0.4, -0.2) is 165 Å². The smallest absolute Gasteiger partial charge is 0.448 e. The summed E-state index contributed by atoms with van der Waals surface area (Å²) in [5, 5.41) is 58.3. The number of rotatable bonds is 27. The summed E-state index contributed by atoms with van der Waals surface area (Å²) < 4.78 is 48.2. The van der Waals surface area contributed by atoms with Gasteiger partial charge in [0.15, 0.2) is 17.8 Å². The second kappa shape index (κ2) is 27.2. The fourth-order valence-electron chi connectivity index (χ4n) is 9.09. The number of aromatic nitrogens is 1. The number of aliphatic hydroxyl groups excluding tert-OH is 5. The Morgan fingerprint density at radius 1 is 1.06 bits per heavy atom. The van der Waals surface area contributed by atoms with E-state index in [2.05, 4.69) is 10.3 Å². The number of phosphoric acid groups is 1. The SMILES string of the molecule is COC[C@@H]([C@H](O)[C@H](O)C(=O)NCC[C@H](C)c1nc(/C=C/C[C@@H]2O[C@@]3(C[C@@H](O)[C@@H]2C)O[C@H]([C@H](C[C@H](O)[C@H](C)[C@H](O)[C@H](C)/C=C(C)/C(C)=C/C=C/C(C)=C/C(N)=O)OC)[C@H](OP(=O)(O)O)C3(C)C)co1)N(C)C. The van der Waals surface area contributed by atoms with Gasteiger partial charge in [0.05, 0.1) is 43.2 Å². The largest absolute Gasteiger partial charge is 0.469 e. The zero-order valence-corrected chi connectivity index (χ0v) is 44.6. The van der Waals surface area contributed by atoms with Crippen molar-refractivity contribution in [1.82, 2.24) is 15.2 Å². The van der Waals surface area contributed by atoms with Gasteiger partial charge >= 0.3 is 7.82 Å². The van der Waals surface area contributed by atoms with Crippen molar-refractivity contribution in [2.45, 2.75) is 161 Å². The van der Waals surface area contributed by atoms with E-state index >= 15 is 0 Å². The molecular weight excluding hydrogens is 944 g/mol. The van der Waals surface area contributed by atoms with Gasteiger partial charge in [-0.25, -0.2) is 9.55 Å². The van der Waals surface area contributed by atoms with Crippen molar-refractivity contribution >= 4 is 25.7 Å². The van der Waals surface area contributed by atoms with Gasteiger partial charge in [0, 0.05) is 68.8 Å². The van der Waals surface area contributed by atoms with E-state index in [1.807, 2.05) is 46.8 Å². The summed E-state index contributed by atoms with van der Waals surface area (Å²) in [6, 6.07) is -0.597. The highest BCUT2D eigenvalue weighted by molar-refractivity contribution is 7.46. The Labute approximate surface area is 419 Å². The van der Waals surface area contributed by atoms with Gasteiger partial charge in [-0.2, -0.15) is 0 Å². The number of hydrogen-bond donors (Lipinski definition) is 9. The molecule has 0 saturated carbocycles. The molecule has 1 aromatic rings. The third-order valence-electron chi connectivity index (χ3n) is 14.1. The van der Waals surface area contributed by atoms with Crippen LogP contribution in [0.2, 0.25) is 0 Å². The second-order valence-electron chi connectivity index (χ2n) is 20.1. The number of methoxy groups -OCH3 is 2. The first-order valence-corrected chi connectivity index (χ1v) is 25.6. The van der Waals surface area contributed by atoms with E-state index in [9.17, 15) is 49.5 Å². The number of phosphoric ester groups is 1. The van der Waals surface area contributed by atoms with Crippen LogP contribution in [0.15, 0.2) is 63.9 Å². The number of aliphatic hydroxyl groups is 5. The van der Waals surface area contributed by atoms with Gasteiger partial charge in [0.2, 0.25) is 5.91 Å². The second-order valence-corrected chi connectivity index (χ2v) is 21.3. The van der Waals surface area contributed by atoms with Crippen molar-refractivity contribution in [2.24, 2.45) is 28.9 Å². The number of oxazole rings is 1. The molecule has 0 unspecified atom stereocenters. The average molecular weight is 1030 g/mol. The van der Waals surface area contributed by atoms with E-state index in [4.69, 9.17) is 33.6 Å². The highest BCUT2D eigenvalue weighted by atomic mass is 31.2. The minimum absolute atomic E-state index is 0.0709. The Morgan fingerprint density at radius 3 is 2.31 bits per heavy atom. The lowest BCUT2D eigenvalue weighted by Gasteiger charge is -2.50. The van der Waals surface area contributed by atoms with Crippen LogP contribution < -0.4 is 11.1 Å². The molecule has 0 aromatic carbocycles. The molecule has 2 fully saturated rings. The van der Waals surface area contributed by atoms with Gasteiger partial charge in [-0.05, 0) is 64.9 Å². The number of carbonyl (C=O) groups is 2. The zero-order chi connectivity index (χ0) is 53.8. The number of amides is 2. The highest BCUT2D eigenvalue weighted by Gasteiger charge is 2.68. The fraction of sp³-hybridized carbons (Fsp3) is 0.700. The van der Waals surface area contributed by atoms with Gasteiger partial charge < -0.3 is 74.6 Å². The van der Waals surface area contributed by atoms with Gasteiger partial charge in [0.1, 0.15) is 30.3 Å². The van der Waals surface area contributed by atoms with E-state index in [-0.39, 0.29) is 38.3 Å². The number of primary amides is 1. The molecule has 2 amide bonds. The fourth-order valence-corrected chi connectivity index (χ4v) is 9.77. The molecule has 10 N–H and O–H groups in total. The van der Waals surface area contributed by atoms with Crippen LogP contribution in [-0.2, 0) is 37.6 Å². The normalized spacial score (nSPS) is 27.5. The molecule has 2 aliphatic rings. The number of nitrogens with two attached hydrogens (primary N) is 1. The summed E-state index contributed by atoms with van der Waals surface area (Å²) in [4.78, 5) is 50.4. The van der Waals surface area contributed by atoms with Crippen molar-refractivity contribution in [3.63, 3.8) is 0 Å². The first kappa shape index (κ1) is 61.9. The summed E-state index contributed by atoms with van der Waals surface area (Å²) in [6.45, 7) is 16.4. The molecule has 15 atom stereocenters. The first-order valence-electron chi connectivity index (χ1n) is 24.1. The van der Waals surface area contributed by atoms with Crippen LogP contribution >= 0.6 is 7.82 Å². The van der Waals surface area contributed by atoms with Crippen LogP contribution in [0.25, 0.3) is 6.08 Å². The molecule has 21 heteroatoms. The predicted octanol–water partition coefficient (Wildman–Crippen LogP) is 3.65. The summed E-state index contributed by atoms with van der Waals surface area (Å²) in [5.74, 6) is -4.23. The van der Waals surface area contributed by atoms with Crippen LogP contribution in [0, 0.1) is 23.2 Å². The van der Waals surface area contributed by atoms with E-state index < -0.39 is 110 Å². The standard InChI is InChI=1S/C50H83N4O16P/c1-28(22-41(51)57)16-14-17-29(2)31(4)23-32(5)42(58)34(7)37(55)24-40(66-13)45-46(70-71(62,63)64)49(8,9)50(69-45)25-38(56)33(6)39(68-50)19-15-18-35-26-67-48(53-35)30(3)20-21-52-47(61)44(60)43(59)36(27-65-12)54(10)11/h14-18,22-23,26,30,32-34,36-40,42-46,55-56,58-60H,19-21,24-25,27H2,1-13H3,(H2,51,57)(H,52,61)(H2,62,63,64)/b16-14+,18-15+,28-22+,29-17+,31-23+/t30-,32+,33-,34-,36-,37-,38+,39-,40-,42+,43-,44-,45+,46-,50-/m0/s1. The lowest BCUT2D eigenvalue weighted by Crippen LogP contribution is -2.58. The molecule has 404 valence electrons. The van der Waals surface area contributed by atoms with Gasteiger partial charge in [-0.3, -0.25) is 14.1 Å². The topological polar surface area (TPSA) is 306 Å². The maximum Gasteiger partial charge on any atom is 0.469 e. The van der Waals surface area contributed by atoms with E-state index in [0.29, 0.717) is 23.6 Å². The van der Waals surface area contributed by atoms with E-state index in [1.165, 1.54) is 26.6 Å².